The Bertz CT molecular complexity index is 1170. The molecule has 0 spiro atoms. The molecule has 6 amide bonds. The maximum Gasteiger partial charge on any atom is 0.312 e. The highest BCUT2D eigenvalue weighted by Gasteiger charge is 2.50. The lowest BCUT2D eigenvalue weighted by Gasteiger charge is -2.48. The molecule has 16 nitrogen and oxygen atoms in total. The van der Waals surface area contributed by atoms with Crippen molar-refractivity contribution in [1.29, 1.82) is 0 Å². The number of unbranched alkanes of at least 4 members (excludes halogenated alkanes) is 1. The maximum atomic E-state index is 14.0. The van der Waals surface area contributed by atoms with Gasteiger partial charge in [0.05, 0.1) is 30.2 Å². The first-order valence-electron chi connectivity index (χ1n) is 15.5. The highest BCUT2D eigenvalue weighted by molar-refractivity contribution is 5.99. The largest absolute Gasteiger partial charge is 0.368 e. The first-order chi connectivity index (χ1) is 20.9. The van der Waals surface area contributed by atoms with Gasteiger partial charge in [0.2, 0.25) is 23.6 Å². The number of carbonyl (C=O) groups is 7. The molecule has 3 unspecified atom stereocenters. The number of urea groups is 1. The van der Waals surface area contributed by atoms with Gasteiger partial charge in [-0.15, -0.1) is 0 Å². The van der Waals surface area contributed by atoms with Gasteiger partial charge >= 0.3 is 6.03 Å². The van der Waals surface area contributed by atoms with E-state index in [1.807, 2.05) is 6.92 Å². The second kappa shape index (κ2) is 14.4. The van der Waals surface area contributed by atoms with Crippen LogP contribution in [-0.2, 0) is 28.8 Å². The Hall–Kier alpha value is -3.63. The summed E-state index contributed by atoms with van der Waals surface area (Å²) in [7, 11) is 0. The van der Waals surface area contributed by atoms with Crippen molar-refractivity contribution >= 4 is 41.2 Å². The number of primary amides is 2. The van der Waals surface area contributed by atoms with E-state index in [1.165, 1.54) is 0 Å². The zero-order chi connectivity index (χ0) is 32.1. The smallest absolute Gasteiger partial charge is 0.312 e. The fourth-order valence-electron chi connectivity index (χ4n) is 6.74. The average Bonchev–Trinajstić information content (AvgIpc) is 2.97. The maximum absolute atomic E-state index is 14.0. The number of Topliss-reactive ketones (excluding diaryl/α,β-unsaturated/α-hetero) is 2. The Morgan fingerprint density at radius 3 is 2.27 bits per heavy atom. The van der Waals surface area contributed by atoms with Crippen LogP contribution in [0.3, 0.4) is 0 Å². The van der Waals surface area contributed by atoms with Crippen LogP contribution >= 0.6 is 0 Å². The van der Waals surface area contributed by atoms with Gasteiger partial charge < -0.3 is 38.1 Å². The monoisotopic (exact) mass is 619 g/mol. The van der Waals surface area contributed by atoms with Crippen molar-refractivity contribution in [2.75, 3.05) is 26.2 Å². The Morgan fingerprint density at radius 1 is 0.886 bits per heavy atom. The third-order valence-corrected chi connectivity index (χ3v) is 9.20. The highest BCUT2D eigenvalue weighted by atomic mass is 16.2. The molecule has 4 saturated heterocycles. The molecule has 4 rings (SSSR count). The summed E-state index contributed by atoms with van der Waals surface area (Å²) in [5.41, 5.74) is 10.7. The van der Waals surface area contributed by atoms with Crippen molar-refractivity contribution in [3.05, 3.63) is 0 Å². The Labute approximate surface area is 256 Å². The SMILES string of the molecule is CCCC[C@@H]1NC[C@H](C(=O)C2CCC(N3C[C@H](C(N)=O)NC(=O)[C@@H]3CCCNC(N)=O)C(=O)[C@H]3CN2[C@@H](C)C(=O)N3)NC1=O. The second-order valence-corrected chi connectivity index (χ2v) is 12.1. The van der Waals surface area contributed by atoms with Crippen LogP contribution in [0.15, 0.2) is 0 Å². The summed E-state index contributed by atoms with van der Waals surface area (Å²) >= 11 is 0. The summed E-state index contributed by atoms with van der Waals surface area (Å²) < 4.78 is 0. The summed E-state index contributed by atoms with van der Waals surface area (Å²) in [4.78, 5) is 93.7. The first kappa shape index (κ1) is 33.3. The molecule has 4 aliphatic rings. The minimum absolute atomic E-state index is 0.0352. The van der Waals surface area contributed by atoms with Crippen molar-refractivity contribution in [2.24, 2.45) is 11.5 Å². The lowest BCUT2D eigenvalue weighted by Crippen LogP contribution is -2.72. The van der Waals surface area contributed by atoms with E-state index in [9.17, 15) is 33.6 Å². The second-order valence-electron chi connectivity index (χ2n) is 12.1. The molecule has 0 saturated carbocycles. The van der Waals surface area contributed by atoms with Crippen LogP contribution in [0.4, 0.5) is 4.79 Å². The normalized spacial score (nSPS) is 34.5. The van der Waals surface area contributed by atoms with Crippen LogP contribution in [-0.4, -0.2) is 126 Å². The van der Waals surface area contributed by atoms with Gasteiger partial charge in [-0.3, -0.25) is 38.6 Å². The number of rotatable bonds is 11. The molecule has 0 aromatic rings. The van der Waals surface area contributed by atoms with Gasteiger partial charge in [0.25, 0.3) is 0 Å². The summed E-state index contributed by atoms with van der Waals surface area (Å²) in [6, 6.07) is -7.09. The molecular weight excluding hydrogens is 574 g/mol. The highest BCUT2D eigenvalue weighted by Crippen LogP contribution is 2.28. The molecule has 0 radical (unpaired) electrons. The third-order valence-electron chi connectivity index (χ3n) is 9.20. The van der Waals surface area contributed by atoms with E-state index in [4.69, 9.17) is 11.5 Å². The van der Waals surface area contributed by atoms with E-state index in [-0.39, 0.29) is 69.0 Å². The van der Waals surface area contributed by atoms with Gasteiger partial charge in [-0.1, -0.05) is 19.8 Å². The number of hydrogen-bond donors (Lipinski definition) is 7. The number of nitrogens with zero attached hydrogens (tertiary/aromatic N) is 2. The van der Waals surface area contributed by atoms with Crippen molar-refractivity contribution in [1.82, 2.24) is 36.4 Å². The quantitative estimate of drug-likeness (QED) is 0.113. The molecule has 244 valence electrons. The van der Waals surface area contributed by atoms with Gasteiger partial charge in [-0.25, -0.2) is 4.79 Å². The van der Waals surface area contributed by atoms with Gasteiger partial charge in [-0.2, -0.15) is 0 Å². The van der Waals surface area contributed by atoms with Crippen LogP contribution < -0.4 is 38.1 Å². The van der Waals surface area contributed by atoms with E-state index in [0.29, 0.717) is 12.8 Å². The predicted molar refractivity (Wildman–Crippen MR) is 157 cm³/mol. The Kier molecular flexibility index (Phi) is 10.9. The zero-order valence-electron chi connectivity index (χ0n) is 25.3. The number of piperazine rings is 3. The number of ketones is 2. The fourth-order valence-corrected chi connectivity index (χ4v) is 6.74. The van der Waals surface area contributed by atoms with Crippen LogP contribution in [0.2, 0.25) is 0 Å². The van der Waals surface area contributed by atoms with Gasteiger partial charge in [0.1, 0.15) is 18.1 Å². The lowest BCUT2D eigenvalue weighted by molar-refractivity contribution is -0.149. The lowest BCUT2D eigenvalue weighted by atomic mass is 9.85. The molecular formula is C28H45N9O7. The molecule has 44 heavy (non-hydrogen) atoms. The van der Waals surface area contributed by atoms with E-state index in [1.54, 1.807) is 16.7 Å². The first-order valence-corrected chi connectivity index (χ1v) is 15.5. The molecule has 4 fully saturated rings. The van der Waals surface area contributed by atoms with Crippen molar-refractivity contribution in [3.8, 4) is 0 Å². The number of hydrogen-bond acceptors (Lipinski definition) is 10. The van der Waals surface area contributed by atoms with Crippen molar-refractivity contribution in [2.45, 2.75) is 107 Å². The number of amides is 6. The average molecular weight is 620 g/mol. The van der Waals surface area contributed by atoms with E-state index < -0.39 is 66.0 Å². The fraction of sp³-hybridized carbons (Fsp3) is 0.750. The van der Waals surface area contributed by atoms with Gasteiger partial charge in [-0.05, 0) is 39.0 Å². The summed E-state index contributed by atoms with van der Waals surface area (Å²) in [6.45, 7) is 4.22. The van der Waals surface area contributed by atoms with E-state index >= 15 is 0 Å². The molecule has 4 aliphatic heterocycles. The van der Waals surface area contributed by atoms with Crippen molar-refractivity contribution < 1.29 is 33.6 Å². The zero-order valence-corrected chi connectivity index (χ0v) is 25.3. The van der Waals surface area contributed by atoms with Crippen LogP contribution in [0.5, 0.6) is 0 Å². The van der Waals surface area contributed by atoms with Crippen LogP contribution in [0.25, 0.3) is 0 Å². The molecule has 2 bridgehead atoms. The Morgan fingerprint density at radius 2 is 1.61 bits per heavy atom. The Balaban J connectivity index is 1.58. The topological polar surface area (TPSA) is 238 Å². The minimum atomic E-state index is -1.04. The van der Waals surface area contributed by atoms with Crippen LogP contribution in [0, 0.1) is 0 Å². The number of nitrogens with one attached hydrogen (secondary N) is 5. The molecule has 4 heterocycles. The molecule has 16 heteroatoms. The molecule has 9 N–H and O–H groups in total. The number of fused-ring (bicyclic) bond motifs is 2. The van der Waals surface area contributed by atoms with E-state index in [2.05, 4.69) is 26.6 Å². The minimum Gasteiger partial charge on any atom is -0.368 e. The molecule has 0 aromatic heterocycles. The van der Waals surface area contributed by atoms with Gasteiger partial charge in [0.15, 0.2) is 11.6 Å². The number of nitrogens with two attached hydrogens (primary N) is 2. The van der Waals surface area contributed by atoms with Crippen molar-refractivity contribution in [3.63, 3.8) is 0 Å². The molecule has 0 aliphatic carbocycles. The van der Waals surface area contributed by atoms with Crippen LogP contribution in [0.1, 0.15) is 58.8 Å². The summed E-state index contributed by atoms with van der Waals surface area (Å²) in [5, 5.41) is 13.9. The van der Waals surface area contributed by atoms with Gasteiger partial charge in [0, 0.05) is 26.2 Å². The summed E-state index contributed by atoms with van der Waals surface area (Å²) in [5.74, 6) is -2.47. The number of carbonyl (C=O) groups excluding carboxylic acids is 7. The van der Waals surface area contributed by atoms with E-state index in [0.717, 1.165) is 12.8 Å². The third kappa shape index (κ3) is 7.35. The predicted octanol–water partition coefficient (Wildman–Crippen LogP) is -3.41. The standard InChI is InChI=1S/C28H45N9O7/c1-3-4-6-15-26(42)33-16(11-32-15)22(38)19-8-9-20(23(39)17-12-36(19)14(2)25(41)34-17)37-13-18(24(29)40)35-27(43)21(37)7-5-10-31-28(30)44/h14-21,32H,3-13H2,1-2H3,(H2,29,40)(H,33,42)(H,34,41)(H,35,43)(H3,30,31,44)/t14-,15-,16+,17+,18+,19?,20?,21-/m0/s1. The summed E-state index contributed by atoms with van der Waals surface area (Å²) in [6.07, 6.45) is 3.42. The molecule has 9 atom stereocenters. The molecule has 0 aromatic carbocycles.